The van der Waals surface area contributed by atoms with E-state index in [0.29, 0.717) is 17.2 Å². The van der Waals surface area contributed by atoms with E-state index in [4.69, 9.17) is 15.7 Å². The van der Waals surface area contributed by atoms with Gasteiger partial charge in [0, 0.05) is 6.20 Å². The van der Waals surface area contributed by atoms with Crippen LogP contribution >= 0.6 is 0 Å². The molecule has 0 amide bonds. The van der Waals surface area contributed by atoms with Gasteiger partial charge in [0.15, 0.2) is 17.3 Å². The monoisotopic (exact) mass is 285 g/mol. The van der Waals surface area contributed by atoms with E-state index < -0.39 is 0 Å². The molecule has 0 aliphatic carbocycles. The average Bonchev–Trinajstić information content (AvgIpc) is 2.46. The Balaban J connectivity index is 2.35. The van der Waals surface area contributed by atoms with Gasteiger partial charge in [-0.25, -0.2) is 4.98 Å². The number of aromatic nitrogens is 1. The third-order valence-electron chi connectivity index (χ3n) is 3.05. The van der Waals surface area contributed by atoms with Gasteiger partial charge in [-0.3, -0.25) is 0 Å². The van der Waals surface area contributed by atoms with Crippen LogP contribution in [0.4, 0.5) is 0 Å². The lowest BCUT2D eigenvalue weighted by Crippen LogP contribution is -2.16. The molecular weight excluding hydrogens is 266 g/mol. The van der Waals surface area contributed by atoms with Gasteiger partial charge in [0.1, 0.15) is 5.75 Å². The van der Waals surface area contributed by atoms with Crippen molar-refractivity contribution in [2.75, 3.05) is 0 Å². The number of oxime groups is 1. The van der Waals surface area contributed by atoms with E-state index in [1.807, 2.05) is 18.2 Å². The highest BCUT2D eigenvalue weighted by Crippen LogP contribution is 2.29. The minimum Gasteiger partial charge on any atom is -0.455 e. The number of nitrogens with two attached hydrogens (primary N) is 1. The predicted molar refractivity (Wildman–Crippen MR) is 82.0 cm³/mol. The number of pyridine rings is 1. The highest BCUT2D eigenvalue weighted by atomic mass is 16.5. The smallest absolute Gasteiger partial charge is 0.192 e. The first-order valence-corrected chi connectivity index (χ1v) is 6.63. The highest BCUT2D eigenvalue weighted by molar-refractivity contribution is 5.97. The molecule has 1 aromatic heterocycles. The first kappa shape index (κ1) is 14.8. The second kappa shape index (κ2) is 5.83. The molecule has 110 valence electrons. The van der Waals surface area contributed by atoms with E-state index in [0.717, 1.165) is 5.56 Å². The number of hydrogen-bond donors (Lipinski definition) is 2. The maximum atomic E-state index is 8.80. The van der Waals surface area contributed by atoms with Gasteiger partial charge in [-0.15, -0.1) is 0 Å². The Hall–Kier alpha value is -2.56. The Bertz CT molecular complexity index is 661. The molecule has 0 unspecified atom stereocenters. The summed E-state index contributed by atoms with van der Waals surface area (Å²) in [4.78, 5) is 4.08. The van der Waals surface area contributed by atoms with Gasteiger partial charge in [0.2, 0.25) is 0 Å². The van der Waals surface area contributed by atoms with Crippen molar-refractivity contribution in [1.82, 2.24) is 4.98 Å². The number of hydrogen-bond acceptors (Lipinski definition) is 4. The molecule has 0 atom stereocenters. The molecule has 21 heavy (non-hydrogen) atoms. The molecule has 0 aliphatic heterocycles. The zero-order valence-electron chi connectivity index (χ0n) is 12.4. The van der Waals surface area contributed by atoms with Crippen LogP contribution in [0.2, 0.25) is 0 Å². The molecule has 0 spiro atoms. The largest absolute Gasteiger partial charge is 0.455 e. The molecule has 1 heterocycles. The molecule has 0 aliphatic rings. The molecular formula is C16H19N3O2. The molecule has 5 heteroatoms. The maximum absolute atomic E-state index is 8.80. The Morgan fingerprint density at radius 2 is 2.00 bits per heavy atom. The van der Waals surface area contributed by atoms with Crippen LogP contribution in [0.1, 0.15) is 32.0 Å². The zero-order valence-corrected chi connectivity index (χ0v) is 12.4. The van der Waals surface area contributed by atoms with E-state index in [1.54, 1.807) is 18.3 Å². The van der Waals surface area contributed by atoms with Crippen molar-refractivity contribution in [2.24, 2.45) is 10.9 Å². The Kier molecular flexibility index (Phi) is 4.12. The minimum absolute atomic E-state index is 0.0305. The summed E-state index contributed by atoms with van der Waals surface area (Å²) in [6.45, 7) is 6.41. The summed E-state index contributed by atoms with van der Waals surface area (Å²) >= 11 is 0. The topological polar surface area (TPSA) is 80.7 Å². The molecule has 0 bridgehead atoms. The van der Waals surface area contributed by atoms with E-state index in [2.05, 4.69) is 37.0 Å². The van der Waals surface area contributed by atoms with Gasteiger partial charge in [-0.2, -0.15) is 0 Å². The van der Waals surface area contributed by atoms with Crippen molar-refractivity contribution in [3.8, 4) is 11.5 Å². The molecule has 1 aromatic carbocycles. The average molecular weight is 285 g/mol. The maximum Gasteiger partial charge on any atom is 0.192 e. The van der Waals surface area contributed by atoms with Crippen molar-refractivity contribution in [3.05, 3.63) is 53.9 Å². The molecule has 5 nitrogen and oxygen atoms in total. The van der Waals surface area contributed by atoms with Crippen LogP contribution in [0.25, 0.3) is 0 Å². The Labute approximate surface area is 124 Å². The number of nitrogens with zero attached hydrogens (tertiary/aromatic N) is 2. The van der Waals surface area contributed by atoms with Crippen molar-refractivity contribution >= 4 is 5.84 Å². The summed E-state index contributed by atoms with van der Waals surface area (Å²) < 4.78 is 5.83. The standard InChI is InChI=1S/C16H19N3O2/c1-16(2,3)11-6-4-7-12(10-11)21-13-8-5-9-18-14(13)15(17)19-20/h4-10,20H,1-3H3,(H2,17,19). The summed E-state index contributed by atoms with van der Waals surface area (Å²) in [7, 11) is 0. The summed E-state index contributed by atoms with van der Waals surface area (Å²) in [6.07, 6.45) is 1.56. The molecule has 0 saturated heterocycles. The molecule has 0 radical (unpaired) electrons. The van der Waals surface area contributed by atoms with Gasteiger partial charge in [-0.05, 0) is 35.2 Å². The van der Waals surface area contributed by atoms with E-state index >= 15 is 0 Å². The highest BCUT2D eigenvalue weighted by Gasteiger charge is 2.15. The Morgan fingerprint density at radius 1 is 1.24 bits per heavy atom. The fourth-order valence-electron chi connectivity index (χ4n) is 1.87. The van der Waals surface area contributed by atoms with Crippen molar-refractivity contribution in [2.45, 2.75) is 26.2 Å². The minimum atomic E-state index is -0.0856. The van der Waals surface area contributed by atoms with Crippen LogP contribution in [0.5, 0.6) is 11.5 Å². The first-order chi connectivity index (χ1) is 9.91. The first-order valence-electron chi connectivity index (χ1n) is 6.63. The van der Waals surface area contributed by atoms with Crippen LogP contribution in [0.3, 0.4) is 0 Å². The number of benzene rings is 1. The molecule has 3 N–H and O–H groups in total. The predicted octanol–water partition coefficient (Wildman–Crippen LogP) is 3.27. The summed E-state index contributed by atoms with van der Waals surface area (Å²) in [6, 6.07) is 11.3. The van der Waals surface area contributed by atoms with Gasteiger partial charge >= 0.3 is 0 Å². The van der Waals surface area contributed by atoms with Crippen LogP contribution < -0.4 is 10.5 Å². The Morgan fingerprint density at radius 3 is 2.67 bits per heavy atom. The van der Waals surface area contributed by atoms with Gasteiger partial charge in [0.05, 0.1) is 0 Å². The van der Waals surface area contributed by atoms with E-state index in [-0.39, 0.29) is 11.3 Å². The fourth-order valence-corrected chi connectivity index (χ4v) is 1.87. The second-order valence-electron chi connectivity index (χ2n) is 5.72. The lowest BCUT2D eigenvalue weighted by atomic mass is 9.87. The van der Waals surface area contributed by atoms with Gasteiger partial charge in [-0.1, -0.05) is 38.1 Å². The third kappa shape index (κ3) is 3.51. The van der Waals surface area contributed by atoms with E-state index in [1.165, 1.54) is 0 Å². The summed E-state index contributed by atoms with van der Waals surface area (Å²) in [5.74, 6) is 1.04. The van der Waals surface area contributed by atoms with E-state index in [9.17, 15) is 0 Å². The summed E-state index contributed by atoms with van der Waals surface area (Å²) in [5, 5.41) is 11.8. The van der Waals surface area contributed by atoms with Crippen molar-refractivity contribution < 1.29 is 9.94 Å². The number of amidine groups is 1. The number of rotatable bonds is 3. The molecule has 0 saturated carbocycles. The summed E-state index contributed by atoms with van der Waals surface area (Å²) in [5.41, 5.74) is 7.10. The second-order valence-corrected chi connectivity index (χ2v) is 5.72. The zero-order chi connectivity index (χ0) is 15.5. The lowest BCUT2D eigenvalue weighted by molar-refractivity contribution is 0.318. The van der Waals surface area contributed by atoms with Crippen LogP contribution in [0.15, 0.2) is 47.8 Å². The van der Waals surface area contributed by atoms with Crippen molar-refractivity contribution in [3.63, 3.8) is 0 Å². The lowest BCUT2D eigenvalue weighted by Gasteiger charge is -2.20. The van der Waals surface area contributed by atoms with Gasteiger partial charge in [0.25, 0.3) is 0 Å². The van der Waals surface area contributed by atoms with Crippen LogP contribution in [-0.2, 0) is 5.41 Å². The number of ether oxygens (including phenoxy) is 1. The quantitative estimate of drug-likeness (QED) is 0.392. The van der Waals surface area contributed by atoms with Crippen LogP contribution in [-0.4, -0.2) is 16.0 Å². The molecule has 2 aromatic rings. The molecule has 0 fully saturated rings. The normalized spacial score (nSPS) is 12.2. The fraction of sp³-hybridized carbons (Fsp3) is 0.250. The molecule has 2 rings (SSSR count). The third-order valence-corrected chi connectivity index (χ3v) is 3.05. The van der Waals surface area contributed by atoms with Crippen molar-refractivity contribution in [1.29, 1.82) is 0 Å². The van der Waals surface area contributed by atoms with Crippen LogP contribution in [0, 0.1) is 0 Å². The van der Waals surface area contributed by atoms with Gasteiger partial charge < -0.3 is 15.7 Å². The SMILES string of the molecule is CC(C)(C)c1cccc(Oc2cccnc2/C(N)=N/O)c1.